The first-order valence-corrected chi connectivity index (χ1v) is 15.2. The van der Waals surface area contributed by atoms with Gasteiger partial charge in [0.05, 0.1) is 12.9 Å². The molecule has 2 fully saturated rings. The zero-order valence-corrected chi connectivity index (χ0v) is 22.8. The highest BCUT2D eigenvalue weighted by atomic mass is 32.2. The molecule has 214 valence electrons. The number of halogens is 3. The monoisotopic (exact) mass is 569 g/mol. The third-order valence-electron chi connectivity index (χ3n) is 7.65. The molecule has 0 amide bonds. The van der Waals surface area contributed by atoms with Crippen LogP contribution in [0.5, 0.6) is 5.75 Å². The normalized spacial score (nSPS) is 20.1. The molecule has 0 aliphatic carbocycles. The zero-order chi connectivity index (χ0) is 27.6. The van der Waals surface area contributed by atoms with Crippen molar-refractivity contribution in [3.05, 3.63) is 41.5 Å². The Kier molecular flexibility index (Phi) is 8.15. The average Bonchev–Trinajstić information content (AvgIpc) is 3.36. The number of alkyl halides is 3. The quantitative estimate of drug-likeness (QED) is 0.473. The highest BCUT2D eigenvalue weighted by Crippen LogP contribution is 2.32. The summed E-state index contributed by atoms with van der Waals surface area (Å²) >= 11 is 0. The molecule has 14 heteroatoms. The number of piperidine rings is 1. The van der Waals surface area contributed by atoms with Crippen molar-refractivity contribution < 1.29 is 26.3 Å². The first kappa shape index (κ1) is 27.8. The van der Waals surface area contributed by atoms with E-state index >= 15 is 0 Å². The summed E-state index contributed by atoms with van der Waals surface area (Å²) in [6.45, 7) is 5.49. The van der Waals surface area contributed by atoms with E-state index in [1.54, 1.807) is 0 Å². The summed E-state index contributed by atoms with van der Waals surface area (Å²) in [6, 6.07) is 8.17. The van der Waals surface area contributed by atoms with Crippen LogP contribution in [0, 0.1) is 0 Å². The number of likely N-dealkylation sites (tertiary alicyclic amines) is 1. The van der Waals surface area contributed by atoms with Gasteiger partial charge in [-0.25, -0.2) is 8.42 Å². The van der Waals surface area contributed by atoms with Crippen molar-refractivity contribution in [1.82, 2.24) is 29.0 Å². The van der Waals surface area contributed by atoms with Crippen LogP contribution in [-0.4, -0.2) is 102 Å². The molecule has 10 nitrogen and oxygen atoms in total. The summed E-state index contributed by atoms with van der Waals surface area (Å²) in [5.74, 6) is 1.03. The fourth-order valence-electron chi connectivity index (χ4n) is 5.43. The van der Waals surface area contributed by atoms with Crippen LogP contribution >= 0.6 is 0 Å². The van der Waals surface area contributed by atoms with E-state index in [0.29, 0.717) is 44.3 Å². The highest BCUT2D eigenvalue weighted by molar-refractivity contribution is 7.88. The Morgan fingerprint density at radius 3 is 2.31 bits per heavy atom. The van der Waals surface area contributed by atoms with Crippen LogP contribution in [0.1, 0.15) is 48.8 Å². The largest absolute Gasteiger partial charge is 0.494 e. The molecule has 5 rings (SSSR count). The van der Waals surface area contributed by atoms with Gasteiger partial charge in [0.1, 0.15) is 11.6 Å². The SMILES string of the molecule is CS(=O)(=O)N1CCN(CCCOc2ccc(C3CCN(C4=Nn5c(nnc5C(F)(F)F)CC4)CC3)cc2)CC1. The fraction of sp³-hybridized carbons (Fsp3) is 0.640. The highest BCUT2D eigenvalue weighted by Gasteiger charge is 2.40. The summed E-state index contributed by atoms with van der Waals surface area (Å²) in [7, 11) is -3.11. The van der Waals surface area contributed by atoms with Crippen LogP contribution in [-0.2, 0) is 22.6 Å². The number of amidine groups is 1. The summed E-state index contributed by atoms with van der Waals surface area (Å²) in [4.78, 5) is 4.35. The molecule has 2 aromatic rings. The van der Waals surface area contributed by atoms with Gasteiger partial charge >= 0.3 is 6.18 Å². The molecule has 0 bridgehead atoms. The lowest BCUT2D eigenvalue weighted by atomic mass is 9.89. The summed E-state index contributed by atoms with van der Waals surface area (Å²) in [6.07, 6.45) is 0.277. The molecule has 3 aliphatic heterocycles. The number of rotatable bonds is 7. The maximum absolute atomic E-state index is 13.2. The van der Waals surface area contributed by atoms with E-state index in [4.69, 9.17) is 4.74 Å². The lowest BCUT2D eigenvalue weighted by molar-refractivity contribution is -0.147. The predicted molar refractivity (Wildman–Crippen MR) is 139 cm³/mol. The second kappa shape index (κ2) is 11.4. The first-order valence-electron chi connectivity index (χ1n) is 13.3. The fourth-order valence-corrected chi connectivity index (χ4v) is 6.26. The molecule has 1 aromatic carbocycles. The molecule has 0 saturated carbocycles. The van der Waals surface area contributed by atoms with Crippen LogP contribution in [0.2, 0.25) is 0 Å². The summed E-state index contributed by atoms with van der Waals surface area (Å²) < 4.78 is 71.2. The maximum atomic E-state index is 13.2. The van der Waals surface area contributed by atoms with Crippen molar-refractivity contribution in [2.24, 2.45) is 5.10 Å². The number of aryl methyl sites for hydroxylation is 1. The van der Waals surface area contributed by atoms with E-state index in [2.05, 4.69) is 37.2 Å². The molecular formula is C25H34F3N7O3S. The number of sulfonamides is 1. The van der Waals surface area contributed by atoms with Gasteiger partial charge in [-0.15, -0.1) is 10.2 Å². The van der Waals surface area contributed by atoms with Gasteiger partial charge in [0.25, 0.3) is 5.82 Å². The van der Waals surface area contributed by atoms with Crippen molar-refractivity contribution >= 4 is 15.9 Å². The van der Waals surface area contributed by atoms with E-state index in [-0.39, 0.29) is 5.82 Å². The van der Waals surface area contributed by atoms with E-state index in [1.807, 2.05) is 12.1 Å². The maximum Gasteiger partial charge on any atom is 0.453 e. The van der Waals surface area contributed by atoms with E-state index in [1.165, 1.54) is 16.1 Å². The third-order valence-corrected chi connectivity index (χ3v) is 8.95. The molecule has 2 saturated heterocycles. The second-order valence-corrected chi connectivity index (χ2v) is 12.3. The van der Waals surface area contributed by atoms with Gasteiger partial charge in [0.15, 0.2) is 5.82 Å². The number of piperazine rings is 1. The Bertz CT molecular complexity index is 1260. The van der Waals surface area contributed by atoms with Gasteiger partial charge in [-0.3, -0.25) is 0 Å². The molecule has 39 heavy (non-hydrogen) atoms. The average molecular weight is 570 g/mol. The topological polar surface area (TPSA) is 96.2 Å². The standard InChI is InChI=1S/C25H34F3N7O3S/c1-39(36,37)34-16-14-32(15-17-34)11-2-18-38-21-5-3-19(4-6-21)20-9-12-33(13-10-20)23-8-7-22-29-30-24(25(26,27)28)35(22)31-23/h3-6,20H,2,7-18H2,1H3. The van der Waals surface area contributed by atoms with Gasteiger partial charge in [-0.05, 0) is 42.9 Å². The summed E-state index contributed by atoms with van der Waals surface area (Å²) in [5.41, 5.74) is 1.23. The van der Waals surface area contributed by atoms with Crippen molar-refractivity contribution in [2.45, 2.75) is 44.2 Å². The predicted octanol–water partition coefficient (Wildman–Crippen LogP) is 2.63. The molecular weight excluding hydrogens is 535 g/mol. The molecule has 3 aliphatic rings. The van der Waals surface area contributed by atoms with Crippen molar-refractivity contribution in [2.75, 3.05) is 58.7 Å². The minimum absolute atomic E-state index is 0.246. The van der Waals surface area contributed by atoms with Gasteiger partial charge in [0.2, 0.25) is 10.0 Å². The molecule has 0 radical (unpaired) electrons. The Hall–Kier alpha value is -2.71. The summed E-state index contributed by atoms with van der Waals surface area (Å²) in [5, 5.41) is 11.2. The number of fused-ring (bicyclic) bond motifs is 1. The molecule has 4 heterocycles. The van der Waals surface area contributed by atoms with Crippen LogP contribution < -0.4 is 4.74 Å². The van der Waals surface area contributed by atoms with Crippen LogP contribution in [0.3, 0.4) is 0 Å². The van der Waals surface area contributed by atoms with Gasteiger partial charge in [0, 0.05) is 58.7 Å². The lowest BCUT2D eigenvalue weighted by Gasteiger charge is -2.35. The first-order chi connectivity index (χ1) is 18.6. The van der Waals surface area contributed by atoms with Crippen LogP contribution in [0.15, 0.2) is 29.4 Å². The van der Waals surface area contributed by atoms with E-state index < -0.39 is 22.0 Å². The molecule has 1 aromatic heterocycles. The Morgan fingerprint density at radius 2 is 1.67 bits per heavy atom. The molecule has 0 spiro atoms. The van der Waals surface area contributed by atoms with Crippen molar-refractivity contribution in [3.8, 4) is 5.75 Å². The van der Waals surface area contributed by atoms with E-state index in [0.717, 1.165) is 62.4 Å². The minimum Gasteiger partial charge on any atom is -0.494 e. The Labute approximate surface area is 226 Å². The number of hydrogen-bond acceptors (Lipinski definition) is 8. The molecule has 0 atom stereocenters. The van der Waals surface area contributed by atoms with E-state index in [9.17, 15) is 21.6 Å². The Balaban J connectivity index is 1.05. The van der Waals surface area contributed by atoms with Gasteiger partial charge in [-0.2, -0.15) is 27.3 Å². The molecule has 0 unspecified atom stereocenters. The number of ether oxygens (including phenoxy) is 1. The van der Waals surface area contributed by atoms with Gasteiger partial charge in [-0.1, -0.05) is 12.1 Å². The number of hydrogen-bond donors (Lipinski definition) is 0. The number of nitrogens with zero attached hydrogens (tertiary/aromatic N) is 7. The van der Waals surface area contributed by atoms with Crippen LogP contribution in [0.25, 0.3) is 0 Å². The smallest absolute Gasteiger partial charge is 0.453 e. The number of aromatic nitrogens is 3. The van der Waals surface area contributed by atoms with Crippen LogP contribution in [0.4, 0.5) is 13.2 Å². The minimum atomic E-state index is -4.59. The molecule has 0 N–H and O–H groups in total. The van der Waals surface area contributed by atoms with Gasteiger partial charge < -0.3 is 14.5 Å². The lowest BCUT2D eigenvalue weighted by Crippen LogP contribution is -2.48. The number of benzene rings is 1. The third kappa shape index (κ3) is 6.72. The van der Waals surface area contributed by atoms with Crippen molar-refractivity contribution in [1.29, 1.82) is 0 Å². The zero-order valence-electron chi connectivity index (χ0n) is 22.0. The second-order valence-electron chi connectivity index (χ2n) is 10.3. The van der Waals surface area contributed by atoms with Crippen molar-refractivity contribution in [3.63, 3.8) is 0 Å². The Morgan fingerprint density at radius 1 is 0.974 bits per heavy atom.